The van der Waals surface area contributed by atoms with E-state index in [0.29, 0.717) is 42.4 Å². The number of nitrogens with zero attached hydrogens (tertiary/aromatic N) is 5. The van der Waals surface area contributed by atoms with Crippen LogP contribution in [0.3, 0.4) is 0 Å². The summed E-state index contributed by atoms with van der Waals surface area (Å²) in [6, 6.07) is 10.7. The SMILES string of the molecule is CC1=C(C(=O)Cc2ccc3cnccc3c2)C(c2ccc(C(F)(F)F)c(F)c2)n2nc(C(=O)N(C)CCN(C)C)cc2C1. The van der Waals surface area contributed by atoms with E-state index < -0.39 is 23.6 Å². The number of ketones is 1. The van der Waals surface area contributed by atoms with Gasteiger partial charge in [-0.15, -0.1) is 0 Å². The molecular formula is C32H31F4N5O2. The fourth-order valence-electron chi connectivity index (χ4n) is 5.42. The van der Waals surface area contributed by atoms with Gasteiger partial charge in [-0.25, -0.2) is 4.39 Å². The molecule has 0 radical (unpaired) electrons. The van der Waals surface area contributed by atoms with Crippen molar-refractivity contribution in [3.05, 3.63) is 106 Å². The zero-order valence-electron chi connectivity index (χ0n) is 24.2. The molecule has 1 unspecified atom stereocenters. The van der Waals surface area contributed by atoms with E-state index in [4.69, 9.17) is 0 Å². The van der Waals surface area contributed by atoms with Gasteiger partial charge in [0.15, 0.2) is 11.5 Å². The molecule has 0 bridgehead atoms. The molecule has 0 N–H and O–H groups in total. The van der Waals surface area contributed by atoms with E-state index in [1.165, 1.54) is 15.6 Å². The van der Waals surface area contributed by atoms with Crippen LogP contribution in [0, 0.1) is 5.82 Å². The topological polar surface area (TPSA) is 71.3 Å². The lowest BCUT2D eigenvalue weighted by Gasteiger charge is -2.29. The molecule has 0 fully saturated rings. The molecule has 1 amide bonds. The van der Waals surface area contributed by atoms with Crippen molar-refractivity contribution < 1.29 is 27.2 Å². The summed E-state index contributed by atoms with van der Waals surface area (Å²) in [5.74, 6) is -2.05. The van der Waals surface area contributed by atoms with Crippen LogP contribution in [0.5, 0.6) is 0 Å². The van der Waals surface area contributed by atoms with Gasteiger partial charge in [0.1, 0.15) is 11.9 Å². The fraction of sp³-hybridized carbons (Fsp3) is 0.312. The lowest BCUT2D eigenvalue weighted by Crippen LogP contribution is -2.34. The maximum Gasteiger partial charge on any atom is 0.419 e. The number of amides is 1. The molecule has 2 aromatic carbocycles. The number of likely N-dealkylation sites (N-methyl/N-ethyl adjacent to an activating group) is 2. The lowest BCUT2D eigenvalue weighted by molar-refractivity contribution is -0.140. The first-order valence-corrected chi connectivity index (χ1v) is 13.7. The number of rotatable bonds is 8. The van der Waals surface area contributed by atoms with Crippen LogP contribution in [0.15, 0.2) is 72.1 Å². The summed E-state index contributed by atoms with van der Waals surface area (Å²) >= 11 is 0. The molecule has 1 atom stereocenters. The molecule has 0 aliphatic carbocycles. The van der Waals surface area contributed by atoms with Crippen molar-refractivity contribution in [2.75, 3.05) is 34.2 Å². The van der Waals surface area contributed by atoms with E-state index in [-0.39, 0.29) is 29.4 Å². The monoisotopic (exact) mass is 593 g/mol. The average Bonchev–Trinajstić information content (AvgIpc) is 3.37. The average molecular weight is 594 g/mol. The Hall–Kier alpha value is -4.38. The summed E-state index contributed by atoms with van der Waals surface area (Å²) in [5, 5.41) is 6.37. The quantitative estimate of drug-likeness (QED) is 0.253. The first-order valence-electron chi connectivity index (χ1n) is 13.7. The molecule has 1 aliphatic rings. The summed E-state index contributed by atoms with van der Waals surface area (Å²) in [6.07, 6.45) is -1.18. The highest BCUT2D eigenvalue weighted by atomic mass is 19.4. The Kier molecular flexibility index (Phi) is 8.20. The number of halogens is 4. The number of pyridine rings is 1. The standard InChI is InChI=1S/C32H31F4N5O2/c1-19-13-24-17-27(31(43)40(4)12-11-39(2)3)38-41(24)30(22-7-8-25(26(33)16-22)32(34,35)36)29(19)28(42)15-20-5-6-23-18-37-10-9-21(23)14-20/h5-10,14,16-18,30H,11-13,15H2,1-4H3. The molecular weight excluding hydrogens is 562 g/mol. The van der Waals surface area contributed by atoms with Gasteiger partial charge in [-0.2, -0.15) is 18.3 Å². The summed E-state index contributed by atoms with van der Waals surface area (Å²) in [6.45, 7) is 2.85. The van der Waals surface area contributed by atoms with Crippen LogP contribution in [0.4, 0.5) is 17.6 Å². The molecule has 43 heavy (non-hydrogen) atoms. The Morgan fingerprint density at radius 3 is 2.47 bits per heavy atom. The van der Waals surface area contributed by atoms with Crippen LogP contribution >= 0.6 is 0 Å². The number of hydrogen-bond donors (Lipinski definition) is 0. The van der Waals surface area contributed by atoms with Crippen LogP contribution in [0.1, 0.15) is 45.8 Å². The minimum Gasteiger partial charge on any atom is -0.339 e. The number of benzene rings is 2. The van der Waals surface area contributed by atoms with E-state index in [1.807, 2.05) is 43.3 Å². The second-order valence-corrected chi connectivity index (χ2v) is 11.2. The van der Waals surface area contributed by atoms with Crippen molar-refractivity contribution in [2.45, 2.75) is 32.0 Å². The molecule has 3 heterocycles. The van der Waals surface area contributed by atoms with Crippen LogP contribution in [-0.4, -0.2) is 70.5 Å². The van der Waals surface area contributed by atoms with Crippen LogP contribution in [0.25, 0.3) is 10.8 Å². The number of aromatic nitrogens is 3. The predicted molar refractivity (Wildman–Crippen MR) is 154 cm³/mol. The third-order valence-electron chi connectivity index (χ3n) is 7.67. The highest BCUT2D eigenvalue weighted by molar-refractivity contribution is 6.00. The van der Waals surface area contributed by atoms with Gasteiger partial charge in [0, 0.05) is 62.0 Å². The van der Waals surface area contributed by atoms with Gasteiger partial charge in [0.2, 0.25) is 0 Å². The zero-order valence-corrected chi connectivity index (χ0v) is 24.2. The Morgan fingerprint density at radius 2 is 1.77 bits per heavy atom. The Labute approximate surface area is 246 Å². The third-order valence-corrected chi connectivity index (χ3v) is 7.67. The van der Waals surface area contributed by atoms with Crippen molar-refractivity contribution in [1.29, 1.82) is 0 Å². The second kappa shape index (κ2) is 11.7. The molecule has 5 rings (SSSR count). The maximum absolute atomic E-state index is 14.9. The molecule has 1 aliphatic heterocycles. The highest BCUT2D eigenvalue weighted by Gasteiger charge is 2.37. The molecule has 0 spiro atoms. The zero-order chi connectivity index (χ0) is 31.1. The summed E-state index contributed by atoms with van der Waals surface area (Å²) in [5.41, 5.74) is 1.19. The van der Waals surface area contributed by atoms with E-state index in [0.717, 1.165) is 22.4 Å². The molecule has 4 aromatic rings. The van der Waals surface area contributed by atoms with Crippen LogP contribution in [0.2, 0.25) is 0 Å². The second-order valence-electron chi connectivity index (χ2n) is 11.2. The van der Waals surface area contributed by atoms with Gasteiger partial charge in [-0.05, 0) is 61.8 Å². The van der Waals surface area contributed by atoms with Gasteiger partial charge in [0.05, 0.1) is 5.56 Å². The predicted octanol–water partition coefficient (Wildman–Crippen LogP) is 5.50. The Balaban J connectivity index is 1.56. The number of alkyl halides is 3. The number of carbonyl (C=O) groups excluding carboxylic acids is 2. The molecule has 0 saturated heterocycles. The fourth-order valence-corrected chi connectivity index (χ4v) is 5.42. The van der Waals surface area contributed by atoms with Crippen LogP contribution in [-0.2, 0) is 23.8 Å². The molecule has 11 heteroatoms. The van der Waals surface area contributed by atoms with Gasteiger partial charge >= 0.3 is 6.18 Å². The highest BCUT2D eigenvalue weighted by Crippen LogP contribution is 2.39. The van der Waals surface area contributed by atoms with Gasteiger partial charge in [-0.3, -0.25) is 19.3 Å². The largest absolute Gasteiger partial charge is 0.419 e. The normalized spacial score (nSPS) is 15.2. The van der Waals surface area contributed by atoms with Crippen molar-refractivity contribution >= 4 is 22.5 Å². The molecule has 0 saturated carbocycles. The maximum atomic E-state index is 14.9. The minimum absolute atomic E-state index is 0.0141. The van der Waals surface area contributed by atoms with Gasteiger partial charge in [0.25, 0.3) is 5.91 Å². The van der Waals surface area contributed by atoms with E-state index in [1.54, 1.807) is 32.4 Å². The van der Waals surface area contributed by atoms with Crippen molar-refractivity contribution in [2.24, 2.45) is 0 Å². The number of carbonyl (C=O) groups is 2. The van der Waals surface area contributed by atoms with E-state index in [2.05, 4.69) is 10.1 Å². The van der Waals surface area contributed by atoms with E-state index >= 15 is 0 Å². The number of fused-ring (bicyclic) bond motifs is 2. The molecule has 2 aromatic heterocycles. The number of Topliss-reactive ketones (excluding diaryl/α,β-unsaturated/α-hetero) is 1. The Bertz CT molecular complexity index is 1740. The van der Waals surface area contributed by atoms with Crippen molar-refractivity contribution in [1.82, 2.24) is 24.6 Å². The number of allylic oxidation sites excluding steroid dienone is 2. The first-order chi connectivity index (χ1) is 20.3. The smallest absolute Gasteiger partial charge is 0.339 e. The van der Waals surface area contributed by atoms with Crippen molar-refractivity contribution in [3.63, 3.8) is 0 Å². The number of hydrogen-bond acceptors (Lipinski definition) is 5. The molecule has 224 valence electrons. The van der Waals surface area contributed by atoms with Gasteiger partial charge in [-0.1, -0.05) is 29.8 Å². The Morgan fingerprint density at radius 1 is 1.00 bits per heavy atom. The molecule has 7 nitrogen and oxygen atoms in total. The van der Waals surface area contributed by atoms with E-state index in [9.17, 15) is 27.2 Å². The van der Waals surface area contributed by atoms with Crippen molar-refractivity contribution in [3.8, 4) is 0 Å². The lowest BCUT2D eigenvalue weighted by atomic mass is 9.85. The van der Waals surface area contributed by atoms with Gasteiger partial charge < -0.3 is 9.80 Å². The first kappa shape index (κ1) is 30.1. The van der Waals surface area contributed by atoms with Crippen LogP contribution < -0.4 is 0 Å². The third kappa shape index (κ3) is 6.22. The summed E-state index contributed by atoms with van der Waals surface area (Å²) in [7, 11) is 5.44. The minimum atomic E-state index is -4.88. The summed E-state index contributed by atoms with van der Waals surface area (Å²) < 4.78 is 56.5. The summed E-state index contributed by atoms with van der Waals surface area (Å²) in [4.78, 5) is 34.8.